The van der Waals surface area contributed by atoms with E-state index in [2.05, 4.69) is 9.80 Å². The number of fused-ring (bicyclic) bond motifs is 5. The highest BCUT2D eigenvalue weighted by Gasteiger charge is 2.50. The monoisotopic (exact) mass is 763 g/mol. The fraction of sp³-hybridized carbons (Fsp3) is 0.600. The molecule has 2 bridgehead atoms. The number of carbonyl (C=O) groups is 1. The topological polar surface area (TPSA) is 98.1 Å². The van der Waals surface area contributed by atoms with Crippen LogP contribution in [0.4, 0.5) is 19.4 Å². The summed E-state index contributed by atoms with van der Waals surface area (Å²) in [6, 6.07) is 5.41. The summed E-state index contributed by atoms with van der Waals surface area (Å²) in [7, 11) is 0. The predicted octanol–water partition coefficient (Wildman–Crippen LogP) is 7.99. The summed E-state index contributed by atoms with van der Waals surface area (Å²) < 4.78 is 52.2. The molecule has 5 aliphatic rings. The lowest BCUT2D eigenvalue weighted by molar-refractivity contribution is -0.0366. The molecule has 2 aromatic carbocycles. The van der Waals surface area contributed by atoms with E-state index >= 15 is 4.39 Å². The van der Waals surface area contributed by atoms with E-state index in [4.69, 9.17) is 40.9 Å². The molecule has 2 aromatic heterocycles. The van der Waals surface area contributed by atoms with Crippen molar-refractivity contribution in [1.29, 1.82) is 0 Å². The van der Waals surface area contributed by atoms with Gasteiger partial charge in [-0.2, -0.15) is 15.1 Å². The van der Waals surface area contributed by atoms with Crippen molar-refractivity contribution >= 4 is 45.3 Å². The minimum atomic E-state index is -0.912. The highest BCUT2D eigenvalue weighted by molar-refractivity contribution is 6.33. The molecule has 9 rings (SSSR count). The molecule has 5 saturated heterocycles. The van der Waals surface area contributed by atoms with Crippen LogP contribution in [0.15, 0.2) is 24.4 Å². The Hall–Kier alpha value is -3.81. The molecule has 11 nitrogen and oxygen atoms in total. The zero-order chi connectivity index (χ0) is 37.5. The smallest absolute Gasteiger partial charge is 0.410 e. The molecule has 5 aliphatic heterocycles. The number of aromatic nitrogens is 4. The molecular formula is C40H48ClF2N7O4. The van der Waals surface area contributed by atoms with Gasteiger partial charge in [-0.05, 0) is 96.9 Å². The van der Waals surface area contributed by atoms with Gasteiger partial charge in [0, 0.05) is 59.6 Å². The molecule has 7 heterocycles. The Balaban J connectivity index is 1.13. The number of hydrogen-bond donors (Lipinski definition) is 0. The minimum Gasteiger partial charge on any atom is -0.461 e. The predicted molar refractivity (Wildman–Crippen MR) is 202 cm³/mol. The fourth-order valence-corrected chi connectivity index (χ4v) is 9.91. The van der Waals surface area contributed by atoms with Crippen LogP contribution in [-0.2, 0) is 9.47 Å². The van der Waals surface area contributed by atoms with Gasteiger partial charge in [-0.25, -0.2) is 18.3 Å². The molecular weight excluding hydrogens is 716 g/mol. The van der Waals surface area contributed by atoms with E-state index in [1.54, 1.807) is 12.3 Å². The van der Waals surface area contributed by atoms with Gasteiger partial charge in [0.05, 0.1) is 29.3 Å². The van der Waals surface area contributed by atoms with E-state index in [1.165, 1.54) is 0 Å². The number of ether oxygens (including phenoxy) is 3. The number of benzene rings is 2. The van der Waals surface area contributed by atoms with Gasteiger partial charge in [0.2, 0.25) is 0 Å². The number of carbonyl (C=O) groups excluding carboxylic acids is 1. The van der Waals surface area contributed by atoms with Gasteiger partial charge in [0.15, 0.2) is 12.0 Å². The third kappa shape index (κ3) is 6.14. The van der Waals surface area contributed by atoms with Gasteiger partial charge in [-0.3, -0.25) is 9.80 Å². The quantitative estimate of drug-likeness (QED) is 0.194. The summed E-state index contributed by atoms with van der Waals surface area (Å²) >= 11 is 6.87. The molecule has 0 radical (unpaired) electrons. The highest BCUT2D eigenvalue weighted by Crippen LogP contribution is 2.44. The first kappa shape index (κ1) is 35.9. The van der Waals surface area contributed by atoms with Gasteiger partial charge in [-0.15, -0.1) is 0 Å². The van der Waals surface area contributed by atoms with Crippen LogP contribution < -0.4 is 9.64 Å². The van der Waals surface area contributed by atoms with Crippen molar-refractivity contribution in [2.24, 2.45) is 0 Å². The van der Waals surface area contributed by atoms with Crippen molar-refractivity contribution in [3.63, 3.8) is 0 Å². The molecule has 14 heteroatoms. The highest BCUT2D eigenvalue weighted by atomic mass is 35.5. The second kappa shape index (κ2) is 13.4. The number of anilines is 1. The van der Waals surface area contributed by atoms with Crippen molar-refractivity contribution in [3.8, 4) is 17.1 Å². The molecule has 288 valence electrons. The van der Waals surface area contributed by atoms with E-state index in [1.807, 2.05) is 49.4 Å². The summed E-state index contributed by atoms with van der Waals surface area (Å²) in [5.74, 6) is 0.0297. The van der Waals surface area contributed by atoms with Gasteiger partial charge in [-0.1, -0.05) is 17.7 Å². The average molecular weight is 764 g/mol. The third-order valence-corrected chi connectivity index (χ3v) is 12.6. The van der Waals surface area contributed by atoms with Crippen molar-refractivity contribution in [3.05, 3.63) is 40.8 Å². The molecule has 1 amide bonds. The first-order chi connectivity index (χ1) is 25.9. The number of piperazine rings is 1. The van der Waals surface area contributed by atoms with Crippen molar-refractivity contribution in [2.75, 3.05) is 44.3 Å². The summed E-state index contributed by atoms with van der Waals surface area (Å²) in [6.45, 7) is 10.6. The largest absolute Gasteiger partial charge is 0.461 e. The minimum absolute atomic E-state index is 0.0502. The van der Waals surface area contributed by atoms with E-state index in [9.17, 15) is 9.18 Å². The SMILES string of the molecule is Cc1c(Cl)cc2c(cnn2C2CCCCO2)c1-c1ccc2c(N3C[C@H]4CC[C@@H](C3)N4C(=O)OC(C)(C)C)nc(OC[C@@]34CCCN3C[C@H](F)C4)nc2c1F. The van der Waals surface area contributed by atoms with Crippen LogP contribution in [0.2, 0.25) is 5.02 Å². The summed E-state index contributed by atoms with van der Waals surface area (Å²) in [6.07, 6.45) is 7.06. The molecule has 0 saturated carbocycles. The molecule has 4 aromatic rings. The number of alkyl halides is 1. The molecule has 5 fully saturated rings. The average Bonchev–Trinajstić information content (AvgIpc) is 3.87. The van der Waals surface area contributed by atoms with Crippen molar-refractivity contribution in [2.45, 2.75) is 115 Å². The van der Waals surface area contributed by atoms with Crippen LogP contribution in [0.5, 0.6) is 6.01 Å². The third-order valence-electron chi connectivity index (χ3n) is 12.2. The molecule has 0 N–H and O–H groups in total. The molecule has 1 unspecified atom stereocenters. The Morgan fingerprint density at radius 2 is 1.87 bits per heavy atom. The fourth-order valence-electron chi connectivity index (χ4n) is 9.71. The lowest BCUT2D eigenvalue weighted by atomic mass is 9.95. The van der Waals surface area contributed by atoms with Gasteiger partial charge < -0.3 is 19.1 Å². The second-order valence-corrected chi connectivity index (χ2v) is 17.3. The van der Waals surface area contributed by atoms with E-state index < -0.39 is 23.1 Å². The van der Waals surface area contributed by atoms with E-state index in [-0.39, 0.29) is 42.5 Å². The molecule has 5 atom stereocenters. The van der Waals surface area contributed by atoms with Crippen LogP contribution in [-0.4, -0.2) is 104 Å². The maximum atomic E-state index is 17.4. The number of nitrogens with zero attached hydrogens (tertiary/aromatic N) is 7. The Morgan fingerprint density at radius 3 is 2.61 bits per heavy atom. The zero-order valence-corrected chi connectivity index (χ0v) is 32.2. The Bertz CT molecular complexity index is 2110. The second-order valence-electron chi connectivity index (χ2n) is 16.9. The van der Waals surface area contributed by atoms with Crippen molar-refractivity contribution < 1.29 is 27.8 Å². The lowest BCUT2D eigenvalue weighted by Gasteiger charge is -2.42. The zero-order valence-electron chi connectivity index (χ0n) is 31.4. The normalized spacial score (nSPS) is 27.3. The molecule has 0 spiro atoms. The van der Waals surface area contributed by atoms with Crippen molar-refractivity contribution in [1.82, 2.24) is 29.5 Å². The van der Waals surface area contributed by atoms with Crippen LogP contribution in [0.1, 0.15) is 83.9 Å². The maximum absolute atomic E-state index is 17.4. The number of rotatable bonds is 6. The van der Waals surface area contributed by atoms with Crippen LogP contribution in [0, 0.1) is 12.7 Å². The maximum Gasteiger partial charge on any atom is 0.410 e. The van der Waals surface area contributed by atoms with Crippen LogP contribution in [0.25, 0.3) is 32.9 Å². The number of hydrogen-bond acceptors (Lipinski definition) is 9. The van der Waals surface area contributed by atoms with Crippen LogP contribution in [0.3, 0.4) is 0 Å². The summed E-state index contributed by atoms with van der Waals surface area (Å²) in [4.78, 5) is 29.2. The van der Waals surface area contributed by atoms with Gasteiger partial charge >= 0.3 is 12.1 Å². The van der Waals surface area contributed by atoms with E-state index in [0.717, 1.165) is 68.0 Å². The van der Waals surface area contributed by atoms with E-state index in [0.29, 0.717) is 60.0 Å². The number of halogens is 3. The molecule has 54 heavy (non-hydrogen) atoms. The standard InChI is InChI=1S/C40H48ClF2N7O4/c1-23-30(41)16-31-29(18-44-50(31)32-8-5-6-15-52-32)33(23)27-11-12-28-35(34(27)43)45-37(53-22-40-13-7-14-48(40)19-24(42)17-40)46-36(28)47-20-25-9-10-26(21-47)49(25)38(51)54-39(2,3)4/h11-12,16,18,24-26,32H,5-10,13-15,17,19-22H2,1-4H3/t24-,25-,26+,32?,40+/m1/s1. The van der Waals surface area contributed by atoms with Gasteiger partial charge in [0.25, 0.3) is 0 Å². The Labute approximate surface area is 318 Å². The Morgan fingerprint density at radius 1 is 1.07 bits per heavy atom. The van der Waals surface area contributed by atoms with Crippen LogP contribution >= 0.6 is 11.6 Å². The Kier molecular flexibility index (Phi) is 8.93. The summed E-state index contributed by atoms with van der Waals surface area (Å²) in [5.41, 5.74) is 1.59. The molecule has 0 aliphatic carbocycles. The lowest BCUT2D eigenvalue weighted by Crippen LogP contribution is -2.57. The first-order valence-electron chi connectivity index (χ1n) is 19.5. The summed E-state index contributed by atoms with van der Waals surface area (Å²) in [5, 5.41) is 6.53. The van der Waals surface area contributed by atoms with Gasteiger partial charge in [0.1, 0.15) is 29.7 Å². The number of amides is 1. The first-order valence-corrected chi connectivity index (χ1v) is 19.8.